The summed E-state index contributed by atoms with van der Waals surface area (Å²) in [6.07, 6.45) is 1.09. The monoisotopic (exact) mass is 261 g/mol. The number of carbonyl (C=O) groups excluding carboxylic acids is 1. The summed E-state index contributed by atoms with van der Waals surface area (Å²) in [4.78, 5) is 24.3. The van der Waals surface area contributed by atoms with Crippen LogP contribution in [-0.4, -0.2) is 29.9 Å². The number of nitrogens with zero attached hydrogens (tertiary/aromatic N) is 1. The molecule has 0 spiro atoms. The molecule has 1 saturated heterocycles. The Morgan fingerprint density at radius 2 is 1.95 bits per heavy atom. The van der Waals surface area contributed by atoms with E-state index in [2.05, 4.69) is 4.90 Å². The molecule has 0 radical (unpaired) electrons. The van der Waals surface area contributed by atoms with Gasteiger partial charge in [-0.3, -0.25) is 9.59 Å². The van der Waals surface area contributed by atoms with Crippen LogP contribution < -0.4 is 4.90 Å². The van der Waals surface area contributed by atoms with Crippen molar-refractivity contribution in [2.45, 2.75) is 26.7 Å². The Morgan fingerprint density at radius 1 is 1.32 bits per heavy atom. The lowest BCUT2D eigenvalue weighted by molar-refractivity contribution is -0.139. The first-order valence-corrected chi connectivity index (χ1v) is 6.47. The van der Waals surface area contributed by atoms with Crippen molar-refractivity contribution in [1.82, 2.24) is 0 Å². The number of carboxylic acids is 1. The number of benzene rings is 1. The zero-order chi connectivity index (χ0) is 14.0. The lowest BCUT2D eigenvalue weighted by atomic mass is 9.86. The normalized spacial score (nSPS) is 22.5. The van der Waals surface area contributed by atoms with Gasteiger partial charge in [-0.25, -0.2) is 0 Å². The molecule has 1 unspecified atom stereocenters. The molecule has 0 aliphatic carbocycles. The van der Waals surface area contributed by atoms with Crippen LogP contribution >= 0.6 is 0 Å². The molecule has 0 aromatic heterocycles. The van der Waals surface area contributed by atoms with Gasteiger partial charge in [-0.05, 0) is 43.0 Å². The summed E-state index contributed by atoms with van der Waals surface area (Å²) in [5.74, 6) is -0.681. The first kappa shape index (κ1) is 13.6. The zero-order valence-electron chi connectivity index (χ0n) is 11.3. The predicted molar refractivity (Wildman–Crippen MR) is 73.6 cm³/mol. The summed E-state index contributed by atoms with van der Waals surface area (Å²) in [5, 5.41) is 8.94. The van der Waals surface area contributed by atoms with Gasteiger partial charge in [0.2, 0.25) is 0 Å². The van der Waals surface area contributed by atoms with Gasteiger partial charge < -0.3 is 10.0 Å². The molecule has 19 heavy (non-hydrogen) atoms. The van der Waals surface area contributed by atoms with Crippen LogP contribution in [0, 0.1) is 5.41 Å². The quantitative estimate of drug-likeness (QED) is 0.846. The minimum absolute atomic E-state index is 0.0590. The second-order valence-electron chi connectivity index (χ2n) is 5.66. The van der Waals surface area contributed by atoms with E-state index in [1.54, 1.807) is 6.92 Å². The number of ketones is 1. The topological polar surface area (TPSA) is 57.6 Å². The molecule has 1 heterocycles. The Balaban J connectivity index is 2.08. The zero-order valence-corrected chi connectivity index (χ0v) is 11.3. The maximum Gasteiger partial charge on any atom is 0.303 e. The minimum Gasteiger partial charge on any atom is -0.481 e. The Bertz CT molecular complexity index is 495. The Labute approximate surface area is 113 Å². The third kappa shape index (κ3) is 3.13. The van der Waals surface area contributed by atoms with E-state index in [0.717, 1.165) is 25.2 Å². The van der Waals surface area contributed by atoms with Crippen molar-refractivity contribution in [1.29, 1.82) is 0 Å². The van der Waals surface area contributed by atoms with Gasteiger partial charge in [0.15, 0.2) is 5.78 Å². The van der Waals surface area contributed by atoms with E-state index in [0.29, 0.717) is 5.56 Å². The van der Waals surface area contributed by atoms with Crippen molar-refractivity contribution >= 4 is 17.4 Å². The van der Waals surface area contributed by atoms with Gasteiger partial charge in [-0.1, -0.05) is 6.92 Å². The molecule has 1 fully saturated rings. The number of anilines is 1. The molecule has 0 amide bonds. The summed E-state index contributed by atoms with van der Waals surface area (Å²) in [6.45, 7) is 5.18. The largest absolute Gasteiger partial charge is 0.481 e. The van der Waals surface area contributed by atoms with E-state index < -0.39 is 5.97 Å². The molecular formula is C15H19NO3. The molecular weight excluding hydrogens is 242 g/mol. The van der Waals surface area contributed by atoms with Crippen molar-refractivity contribution in [3.8, 4) is 0 Å². The highest BCUT2D eigenvalue weighted by Gasteiger charge is 2.35. The summed E-state index contributed by atoms with van der Waals surface area (Å²) < 4.78 is 0. The fraction of sp³-hybridized carbons (Fsp3) is 0.467. The van der Waals surface area contributed by atoms with E-state index in [9.17, 15) is 9.59 Å². The third-order valence-corrected chi connectivity index (χ3v) is 3.77. The summed E-state index contributed by atoms with van der Waals surface area (Å²) in [7, 11) is 0. The molecule has 4 nitrogen and oxygen atoms in total. The molecule has 1 N–H and O–H groups in total. The van der Waals surface area contributed by atoms with Crippen molar-refractivity contribution in [3.63, 3.8) is 0 Å². The highest BCUT2D eigenvalue weighted by molar-refractivity contribution is 5.94. The third-order valence-electron chi connectivity index (χ3n) is 3.77. The molecule has 2 rings (SSSR count). The molecule has 1 aliphatic rings. The van der Waals surface area contributed by atoms with E-state index in [1.165, 1.54) is 0 Å². The molecule has 0 bridgehead atoms. The average Bonchev–Trinajstić information content (AvgIpc) is 2.70. The Kier molecular flexibility index (Phi) is 3.60. The fourth-order valence-corrected chi connectivity index (χ4v) is 2.66. The lowest BCUT2D eigenvalue weighted by Crippen LogP contribution is -2.26. The summed E-state index contributed by atoms with van der Waals surface area (Å²) in [5.41, 5.74) is 1.60. The molecule has 102 valence electrons. The van der Waals surface area contributed by atoms with Crippen LogP contribution in [-0.2, 0) is 4.79 Å². The van der Waals surface area contributed by atoms with Gasteiger partial charge >= 0.3 is 5.97 Å². The van der Waals surface area contributed by atoms with Gasteiger partial charge in [0, 0.05) is 24.3 Å². The average molecular weight is 261 g/mol. The van der Waals surface area contributed by atoms with Gasteiger partial charge in [0.25, 0.3) is 0 Å². The van der Waals surface area contributed by atoms with Crippen LogP contribution in [0.15, 0.2) is 24.3 Å². The number of aliphatic carboxylic acids is 1. The smallest absolute Gasteiger partial charge is 0.303 e. The predicted octanol–water partition coefficient (Wildman–Crippen LogP) is 2.58. The molecule has 1 aromatic rings. The molecule has 1 aliphatic heterocycles. The number of Topliss-reactive ketones (excluding diaryl/α,β-unsaturated/α-hetero) is 1. The van der Waals surface area contributed by atoms with Crippen LogP contribution in [0.4, 0.5) is 5.69 Å². The van der Waals surface area contributed by atoms with Crippen molar-refractivity contribution < 1.29 is 14.7 Å². The second kappa shape index (κ2) is 5.03. The molecule has 0 saturated carbocycles. The van der Waals surface area contributed by atoms with Crippen LogP contribution in [0.5, 0.6) is 0 Å². The van der Waals surface area contributed by atoms with Crippen LogP contribution in [0.3, 0.4) is 0 Å². The van der Waals surface area contributed by atoms with Crippen molar-refractivity contribution in [2.24, 2.45) is 5.41 Å². The fourth-order valence-electron chi connectivity index (χ4n) is 2.66. The SMILES string of the molecule is CC(=O)c1ccc(N2CCC(C)(CC(=O)O)C2)cc1. The van der Waals surface area contributed by atoms with E-state index in [4.69, 9.17) is 5.11 Å². The maximum atomic E-state index is 11.2. The van der Waals surface area contributed by atoms with E-state index >= 15 is 0 Å². The number of carbonyl (C=O) groups is 2. The second-order valence-corrected chi connectivity index (χ2v) is 5.66. The maximum absolute atomic E-state index is 11.2. The van der Waals surface area contributed by atoms with Gasteiger partial charge in [-0.2, -0.15) is 0 Å². The molecule has 4 heteroatoms. The number of hydrogen-bond donors (Lipinski definition) is 1. The van der Waals surface area contributed by atoms with E-state index in [1.807, 2.05) is 31.2 Å². The highest BCUT2D eigenvalue weighted by Crippen LogP contribution is 2.35. The van der Waals surface area contributed by atoms with E-state index in [-0.39, 0.29) is 17.6 Å². The Hall–Kier alpha value is -1.84. The van der Waals surface area contributed by atoms with Crippen molar-refractivity contribution in [3.05, 3.63) is 29.8 Å². The van der Waals surface area contributed by atoms with Crippen molar-refractivity contribution in [2.75, 3.05) is 18.0 Å². The minimum atomic E-state index is -0.740. The van der Waals surface area contributed by atoms with Gasteiger partial charge in [0.05, 0.1) is 6.42 Å². The number of hydrogen-bond acceptors (Lipinski definition) is 3. The van der Waals surface area contributed by atoms with Gasteiger partial charge in [-0.15, -0.1) is 0 Å². The molecule has 1 atom stereocenters. The van der Waals surface area contributed by atoms with Crippen LogP contribution in [0.25, 0.3) is 0 Å². The standard InChI is InChI=1S/C15H19NO3/c1-11(17)12-3-5-13(6-4-12)16-8-7-15(2,10-16)9-14(18)19/h3-6H,7-10H2,1-2H3,(H,18,19). The molecule has 1 aromatic carbocycles. The lowest BCUT2D eigenvalue weighted by Gasteiger charge is -2.24. The summed E-state index contributed by atoms with van der Waals surface area (Å²) in [6, 6.07) is 7.52. The van der Waals surface area contributed by atoms with Crippen LogP contribution in [0.1, 0.15) is 37.0 Å². The highest BCUT2D eigenvalue weighted by atomic mass is 16.4. The number of rotatable bonds is 4. The van der Waals surface area contributed by atoms with Gasteiger partial charge in [0.1, 0.15) is 0 Å². The Morgan fingerprint density at radius 3 is 2.47 bits per heavy atom. The summed E-state index contributed by atoms with van der Waals surface area (Å²) >= 11 is 0. The van der Waals surface area contributed by atoms with Crippen LogP contribution in [0.2, 0.25) is 0 Å². The number of carboxylic acid groups (broad SMARTS) is 1. The first-order valence-electron chi connectivity index (χ1n) is 6.47. The first-order chi connectivity index (χ1) is 8.89.